The molecule has 0 aliphatic carbocycles. The maximum atomic E-state index is 11.6. The Balaban J connectivity index is 2.34. The van der Waals surface area contributed by atoms with Crippen molar-refractivity contribution >= 4 is 43.8 Å². The van der Waals surface area contributed by atoms with Gasteiger partial charge in [0.2, 0.25) is 5.13 Å². The standard InChI is InChI=1S/C11H14N4O2S3/c1-15(2)10-13-14-11(19-10)18-7-5-4-6-8(9(7)12)20(3,16)17/h4-6H,12H2,1-3H3. The van der Waals surface area contributed by atoms with Crippen molar-refractivity contribution in [1.29, 1.82) is 0 Å². The first-order valence-electron chi connectivity index (χ1n) is 5.56. The minimum atomic E-state index is -3.34. The van der Waals surface area contributed by atoms with E-state index in [1.54, 1.807) is 12.1 Å². The number of nitrogen functional groups attached to an aromatic ring is 1. The third-order valence-corrected chi connectivity index (χ3v) is 5.77. The van der Waals surface area contributed by atoms with Crippen molar-refractivity contribution in [3.63, 3.8) is 0 Å². The van der Waals surface area contributed by atoms with Crippen LogP contribution in [0.15, 0.2) is 32.3 Å². The number of sulfone groups is 1. The number of rotatable bonds is 4. The lowest BCUT2D eigenvalue weighted by Crippen LogP contribution is -2.07. The molecule has 2 rings (SSSR count). The van der Waals surface area contributed by atoms with Crippen molar-refractivity contribution in [1.82, 2.24) is 10.2 Å². The summed E-state index contributed by atoms with van der Waals surface area (Å²) in [5.74, 6) is 0. The van der Waals surface area contributed by atoms with Crippen molar-refractivity contribution in [2.45, 2.75) is 14.1 Å². The molecule has 0 aliphatic rings. The quantitative estimate of drug-likeness (QED) is 0.854. The monoisotopic (exact) mass is 330 g/mol. The van der Waals surface area contributed by atoms with E-state index in [-0.39, 0.29) is 10.6 Å². The van der Waals surface area contributed by atoms with Gasteiger partial charge in [-0.15, -0.1) is 10.2 Å². The van der Waals surface area contributed by atoms with E-state index >= 15 is 0 Å². The normalized spacial score (nSPS) is 11.6. The third-order valence-electron chi connectivity index (χ3n) is 2.40. The molecule has 20 heavy (non-hydrogen) atoms. The SMILES string of the molecule is CN(C)c1nnc(Sc2cccc(S(C)(=O)=O)c2N)s1. The first kappa shape index (κ1) is 15.1. The number of anilines is 2. The van der Waals surface area contributed by atoms with E-state index in [0.29, 0.717) is 9.24 Å². The van der Waals surface area contributed by atoms with Gasteiger partial charge in [-0.1, -0.05) is 29.2 Å². The van der Waals surface area contributed by atoms with Crippen LogP contribution in [-0.4, -0.2) is 39.0 Å². The number of hydrogen-bond donors (Lipinski definition) is 1. The summed E-state index contributed by atoms with van der Waals surface area (Å²) >= 11 is 2.73. The van der Waals surface area contributed by atoms with Gasteiger partial charge in [0.15, 0.2) is 14.2 Å². The van der Waals surface area contributed by atoms with E-state index in [1.165, 1.54) is 29.2 Å². The van der Waals surface area contributed by atoms with Gasteiger partial charge in [-0.25, -0.2) is 8.42 Å². The molecule has 0 aliphatic heterocycles. The molecule has 2 N–H and O–H groups in total. The van der Waals surface area contributed by atoms with Crippen LogP contribution in [0.1, 0.15) is 0 Å². The molecular formula is C11H14N4O2S3. The Labute approximate surface area is 125 Å². The molecule has 0 fully saturated rings. The zero-order chi connectivity index (χ0) is 14.9. The van der Waals surface area contributed by atoms with Crippen LogP contribution in [0.5, 0.6) is 0 Å². The van der Waals surface area contributed by atoms with Crippen LogP contribution in [0.3, 0.4) is 0 Å². The number of para-hydroxylation sites is 1. The Morgan fingerprint density at radius 2 is 2.00 bits per heavy atom. The molecule has 0 bridgehead atoms. The highest BCUT2D eigenvalue weighted by Crippen LogP contribution is 2.37. The lowest BCUT2D eigenvalue weighted by molar-refractivity contribution is 0.602. The zero-order valence-corrected chi connectivity index (χ0v) is 13.6. The second-order valence-corrected chi connectivity index (χ2v) is 8.52. The number of hydrogen-bond acceptors (Lipinski definition) is 8. The van der Waals surface area contributed by atoms with Crippen LogP contribution in [0, 0.1) is 0 Å². The lowest BCUT2D eigenvalue weighted by Gasteiger charge is -2.07. The Hall–Kier alpha value is -1.32. The second-order valence-electron chi connectivity index (χ2n) is 4.29. The Morgan fingerprint density at radius 1 is 1.30 bits per heavy atom. The van der Waals surface area contributed by atoms with E-state index in [2.05, 4.69) is 10.2 Å². The molecule has 0 atom stereocenters. The number of benzene rings is 1. The molecule has 0 saturated carbocycles. The molecule has 1 aromatic heterocycles. The molecule has 108 valence electrons. The Morgan fingerprint density at radius 3 is 2.55 bits per heavy atom. The van der Waals surface area contributed by atoms with Crippen LogP contribution in [0.25, 0.3) is 0 Å². The Kier molecular flexibility index (Phi) is 4.21. The highest BCUT2D eigenvalue weighted by Gasteiger charge is 2.16. The summed E-state index contributed by atoms with van der Waals surface area (Å²) in [6.45, 7) is 0. The summed E-state index contributed by atoms with van der Waals surface area (Å²) in [5.41, 5.74) is 6.18. The molecule has 0 saturated heterocycles. The van der Waals surface area contributed by atoms with Crippen molar-refractivity contribution in [3.05, 3.63) is 18.2 Å². The summed E-state index contributed by atoms with van der Waals surface area (Å²) in [7, 11) is 0.429. The van der Waals surface area contributed by atoms with Gasteiger partial charge in [0.1, 0.15) is 0 Å². The van der Waals surface area contributed by atoms with Crippen molar-refractivity contribution in [2.75, 3.05) is 31.0 Å². The number of aromatic nitrogens is 2. The molecule has 0 radical (unpaired) electrons. The van der Waals surface area contributed by atoms with Crippen LogP contribution in [0.2, 0.25) is 0 Å². The van der Waals surface area contributed by atoms with Gasteiger partial charge in [0.05, 0.1) is 10.6 Å². The van der Waals surface area contributed by atoms with E-state index in [4.69, 9.17) is 5.73 Å². The average molecular weight is 330 g/mol. The molecule has 2 aromatic rings. The number of nitrogens with zero attached hydrogens (tertiary/aromatic N) is 3. The molecular weight excluding hydrogens is 316 g/mol. The van der Waals surface area contributed by atoms with Gasteiger partial charge in [-0.2, -0.15) is 0 Å². The van der Waals surface area contributed by atoms with E-state index in [0.717, 1.165) is 11.4 Å². The van der Waals surface area contributed by atoms with Gasteiger partial charge in [0, 0.05) is 25.2 Å². The summed E-state index contributed by atoms with van der Waals surface area (Å²) in [4.78, 5) is 2.66. The predicted molar refractivity (Wildman–Crippen MR) is 82.3 cm³/mol. The van der Waals surface area contributed by atoms with Gasteiger partial charge in [-0.05, 0) is 12.1 Å². The smallest absolute Gasteiger partial charge is 0.208 e. The summed E-state index contributed by atoms with van der Waals surface area (Å²) in [6.07, 6.45) is 1.14. The largest absolute Gasteiger partial charge is 0.397 e. The highest BCUT2D eigenvalue weighted by molar-refractivity contribution is 8.01. The molecule has 1 aromatic carbocycles. The summed E-state index contributed by atoms with van der Waals surface area (Å²) < 4.78 is 24.0. The maximum Gasteiger partial charge on any atom is 0.208 e. The molecule has 0 spiro atoms. The highest BCUT2D eigenvalue weighted by atomic mass is 32.2. The minimum absolute atomic E-state index is 0.139. The minimum Gasteiger partial charge on any atom is -0.397 e. The van der Waals surface area contributed by atoms with Gasteiger partial charge >= 0.3 is 0 Å². The fourth-order valence-corrected chi connectivity index (χ4v) is 4.15. The molecule has 0 amide bonds. The maximum absolute atomic E-state index is 11.6. The van der Waals surface area contributed by atoms with E-state index in [9.17, 15) is 8.42 Å². The van der Waals surface area contributed by atoms with E-state index < -0.39 is 9.84 Å². The van der Waals surface area contributed by atoms with Crippen molar-refractivity contribution in [2.24, 2.45) is 0 Å². The van der Waals surface area contributed by atoms with Crippen LogP contribution in [-0.2, 0) is 9.84 Å². The summed E-state index contributed by atoms with van der Waals surface area (Å²) in [5, 5.41) is 8.86. The fourth-order valence-electron chi connectivity index (χ4n) is 1.45. The Bertz CT molecular complexity index is 725. The van der Waals surface area contributed by atoms with Crippen LogP contribution < -0.4 is 10.6 Å². The number of nitrogens with two attached hydrogens (primary N) is 1. The molecule has 1 heterocycles. The fraction of sp³-hybridized carbons (Fsp3) is 0.273. The first-order chi connectivity index (χ1) is 9.29. The van der Waals surface area contributed by atoms with Crippen molar-refractivity contribution in [3.8, 4) is 0 Å². The van der Waals surface area contributed by atoms with Gasteiger partial charge in [0.25, 0.3) is 0 Å². The summed E-state index contributed by atoms with van der Waals surface area (Å²) in [6, 6.07) is 4.94. The van der Waals surface area contributed by atoms with Crippen LogP contribution in [0.4, 0.5) is 10.8 Å². The lowest BCUT2D eigenvalue weighted by atomic mass is 10.3. The van der Waals surface area contributed by atoms with Gasteiger partial charge < -0.3 is 10.6 Å². The zero-order valence-electron chi connectivity index (χ0n) is 11.2. The topological polar surface area (TPSA) is 89.2 Å². The average Bonchev–Trinajstić information content (AvgIpc) is 2.79. The molecule has 9 heteroatoms. The van der Waals surface area contributed by atoms with Crippen LogP contribution >= 0.6 is 23.1 Å². The predicted octanol–water partition coefficient (Wildman–Crippen LogP) is 1.74. The molecule has 0 unspecified atom stereocenters. The first-order valence-corrected chi connectivity index (χ1v) is 9.08. The van der Waals surface area contributed by atoms with E-state index in [1.807, 2.05) is 19.0 Å². The van der Waals surface area contributed by atoms with Gasteiger partial charge in [-0.3, -0.25) is 0 Å². The second kappa shape index (κ2) is 5.58. The molecule has 6 nitrogen and oxygen atoms in total. The van der Waals surface area contributed by atoms with Crippen molar-refractivity contribution < 1.29 is 8.42 Å². The third kappa shape index (κ3) is 3.22.